The lowest BCUT2D eigenvalue weighted by molar-refractivity contribution is -0.166. The van der Waals surface area contributed by atoms with Gasteiger partial charge in [-0.15, -0.1) is 0 Å². The van der Waals surface area contributed by atoms with Gasteiger partial charge in [-0.05, 0) is 74.9 Å². The molecule has 10 nitrogen and oxygen atoms in total. The number of rotatable bonds is 7. The SMILES string of the molecule is COc1cc(-c2ccc(NC(=O)[C@@]34CC[C@](C)(C(=O)O3)C4(C)C)c(OC)c2)ccc1NC(=O)[C@@]12CC[C@@](C)(C(=O)O1)C2(C)C. The van der Waals surface area contributed by atoms with Crippen molar-refractivity contribution in [2.45, 2.75) is 78.4 Å². The predicted octanol–water partition coefficient (Wildman–Crippen LogP) is 5.49. The molecule has 2 aliphatic heterocycles. The van der Waals surface area contributed by atoms with E-state index >= 15 is 0 Å². The molecular formula is C34H40N2O8. The van der Waals surface area contributed by atoms with Crippen LogP contribution in [0.5, 0.6) is 11.5 Å². The molecule has 4 fully saturated rings. The molecule has 4 bridgehead atoms. The van der Waals surface area contributed by atoms with Gasteiger partial charge in [0, 0.05) is 10.8 Å². The minimum Gasteiger partial charge on any atom is -0.495 e. The standard InChI is InChI=1S/C34H40N2O8/c1-29(2)31(5)13-15-33(29,43-27(31)39)25(37)35-21-11-9-19(17-23(21)41-7)20-10-12-22(24(18-20)42-8)36-26(38)34-16-14-32(6,28(40)44-34)30(34,3)4/h9-12,17-18H,13-16H2,1-8H3,(H,35,37)(H,36,38)/t31-,32+,33-,34-/m1/s1. The van der Waals surface area contributed by atoms with E-state index < -0.39 is 32.9 Å². The number of hydrogen-bond donors (Lipinski definition) is 2. The lowest BCUT2D eigenvalue weighted by Crippen LogP contribution is -2.50. The first-order valence-corrected chi connectivity index (χ1v) is 15.0. The molecule has 2 aromatic rings. The van der Waals surface area contributed by atoms with Crippen molar-refractivity contribution in [1.29, 1.82) is 0 Å². The number of carbonyl (C=O) groups is 4. The lowest BCUT2D eigenvalue weighted by Gasteiger charge is -2.35. The number of anilines is 2. The molecule has 2 amide bonds. The molecule has 2 saturated heterocycles. The van der Waals surface area contributed by atoms with E-state index in [4.69, 9.17) is 18.9 Å². The molecule has 0 aromatic heterocycles. The van der Waals surface area contributed by atoms with Crippen LogP contribution in [0.15, 0.2) is 36.4 Å². The molecule has 44 heavy (non-hydrogen) atoms. The Labute approximate surface area is 257 Å². The fourth-order valence-electron chi connectivity index (χ4n) is 7.89. The molecule has 2 saturated carbocycles. The van der Waals surface area contributed by atoms with Crippen LogP contribution in [-0.2, 0) is 28.7 Å². The minimum atomic E-state index is -1.25. The number of benzene rings is 2. The summed E-state index contributed by atoms with van der Waals surface area (Å²) in [5.74, 6) is -0.560. The van der Waals surface area contributed by atoms with Crippen LogP contribution < -0.4 is 20.1 Å². The topological polar surface area (TPSA) is 129 Å². The van der Waals surface area contributed by atoms with Crippen molar-refractivity contribution in [2.24, 2.45) is 21.7 Å². The third kappa shape index (κ3) is 3.48. The van der Waals surface area contributed by atoms with Crippen LogP contribution in [-0.4, -0.2) is 49.2 Å². The van der Waals surface area contributed by atoms with Gasteiger partial charge in [0.25, 0.3) is 11.8 Å². The maximum atomic E-state index is 13.6. The first kappa shape index (κ1) is 30.0. The Morgan fingerprint density at radius 3 is 1.27 bits per heavy atom. The molecule has 0 spiro atoms. The Bertz CT molecular complexity index is 1510. The third-order valence-corrected chi connectivity index (χ3v) is 12.1. The quantitative estimate of drug-likeness (QED) is 0.397. The molecule has 2 aromatic carbocycles. The zero-order valence-corrected chi connectivity index (χ0v) is 26.6. The second kappa shape index (κ2) is 9.22. The van der Waals surface area contributed by atoms with Gasteiger partial charge in [0.05, 0.1) is 36.4 Å². The number of fused-ring (bicyclic) bond motifs is 4. The lowest BCUT2D eigenvalue weighted by atomic mass is 9.66. The molecule has 6 rings (SSSR count). The maximum Gasteiger partial charge on any atom is 0.313 e. The maximum absolute atomic E-state index is 13.6. The van der Waals surface area contributed by atoms with Gasteiger partial charge < -0.3 is 29.6 Å². The van der Waals surface area contributed by atoms with Crippen molar-refractivity contribution >= 4 is 35.1 Å². The number of methoxy groups -OCH3 is 2. The van der Waals surface area contributed by atoms with E-state index in [0.717, 1.165) is 11.1 Å². The smallest absolute Gasteiger partial charge is 0.313 e. The summed E-state index contributed by atoms with van der Waals surface area (Å²) in [5, 5.41) is 5.90. The van der Waals surface area contributed by atoms with Crippen molar-refractivity contribution in [3.8, 4) is 22.6 Å². The third-order valence-electron chi connectivity index (χ3n) is 12.1. The van der Waals surface area contributed by atoms with Crippen LogP contribution in [0.4, 0.5) is 11.4 Å². The largest absolute Gasteiger partial charge is 0.495 e. The van der Waals surface area contributed by atoms with E-state index in [1.807, 2.05) is 53.7 Å². The van der Waals surface area contributed by atoms with Gasteiger partial charge in [-0.3, -0.25) is 19.2 Å². The molecule has 0 unspecified atom stereocenters. The van der Waals surface area contributed by atoms with Crippen molar-refractivity contribution < 1.29 is 38.1 Å². The average molecular weight is 605 g/mol. The van der Waals surface area contributed by atoms with E-state index in [0.29, 0.717) is 48.6 Å². The van der Waals surface area contributed by atoms with Gasteiger partial charge in [-0.1, -0.05) is 39.8 Å². The number of esters is 2. The van der Waals surface area contributed by atoms with E-state index in [1.54, 1.807) is 24.3 Å². The van der Waals surface area contributed by atoms with Gasteiger partial charge in [0.1, 0.15) is 11.5 Å². The van der Waals surface area contributed by atoms with Crippen LogP contribution >= 0.6 is 0 Å². The summed E-state index contributed by atoms with van der Waals surface area (Å²) in [7, 11) is 3.03. The van der Waals surface area contributed by atoms with Crippen LogP contribution in [0, 0.1) is 21.7 Å². The number of carbonyl (C=O) groups excluding carboxylic acids is 4. The summed E-state index contributed by atoms with van der Waals surface area (Å²) in [6, 6.07) is 10.8. The molecule has 234 valence electrons. The molecule has 2 aliphatic carbocycles. The summed E-state index contributed by atoms with van der Waals surface area (Å²) in [4.78, 5) is 52.6. The van der Waals surface area contributed by atoms with Gasteiger partial charge in [0.2, 0.25) is 0 Å². The number of nitrogens with one attached hydrogen (secondary N) is 2. The Kier molecular flexibility index (Phi) is 6.28. The molecule has 10 heteroatoms. The second-order valence-corrected chi connectivity index (χ2v) is 14.1. The number of hydrogen-bond acceptors (Lipinski definition) is 8. The van der Waals surface area contributed by atoms with Gasteiger partial charge in [-0.2, -0.15) is 0 Å². The van der Waals surface area contributed by atoms with Crippen LogP contribution in [0.25, 0.3) is 11.1 Å². The van der Waals surface area contributed by atoms with E-state index in [1.165, 1.54) is 14.2 Å². The first-order chi connectivity index (χ1) is 20.5. The minimum absolute atomic E-state index is 0.339. The summed E-state index contributed by atoms with van der Waals surface area (Å²) >= 11 is 0. The Morgan fingerprint density at radius 2 is 1.00 bits per heavy atom. The Hall–Kier alpha value is -4.08. The highest BCUT2D eigenvalue weighted by Crippen LogP contribution is 2.67. The second-order valence-electron chi connectivity index (χ2n) is 14.1. The van der Waals surface area contributed by atoms with Gasteiger partial charge in [0.15, 0.2) is 11.2 Å². The Balaban J connectivity index is 1.24. The molecular weight excluding hydrogens is 564 g/mol. The van der Waals surface area contributed by atoms with Crippen molar-refractivity contribution in [3.63, 3.8) is 0 Å². The van der Waals surface area contributed by atoms with E-state index in [9.17, 15) is 19.2 Å². The molecule has 2 heterocycles. The number of ether oxygens (including phenoxy) is 4. The zero-order valence-electron chi connectivity index (χ0n) is 26.6. The Morgan fingerprint density at radius 1 is 0.636 bits per heavy atom. The van der Waals surface area contributed by atoms with Crippen molar-refractivity contribution in [1.82, 2.24) is 0 Å². The van der Waals surface area contributed by atoms with E-state index in [2.05, 4.69) is 10.6 Å². The van der Waals surface area contributed by atoms with Crippen LogP contribution in [0.2, 0.25) is 0 Å². The van der Waals surface area contributed by atoms with Gasteiger partial charge in [-0.25, -0.2) is 0 Å². The molecule has 2 N–H and O–H groups in total. The van der Waals surface area contributed by atoms with E-state index in [-0.39, 0.29) is 23.8 Å². The summed E-state index contributed by atoms with van der Waals surface area (Å²) < 4.78 is 22.8. The monoisotopic (exact) mass is 604 g/mol. The fourth-order valence-corrected chi connectivity index (χ4v) is 7.89. The molecule has 0 radical (unpaired) electrons. The molecule has 4 aliphatic rings. The van der Waals surface area contributed by atoms with Crippen LogP contribution in [0.3, 0.4) is 0 Å². The highest BCUT2D eigenvalue weighted by Gasteiger charge is 2.76. The zero-order chi connectivity index (χ0) is 32.1. The van der Waals surface area contributed by atoms with Crippen molar-refractivity contribution in [3.05, 3.63) is 36.4 Å². The summed E-state index contributed by atoms with van der Waals surface area (Å²) in [6.45, 7) is 11.4. The predicted molar refractivity (Wildman–Crippen MR) is 162 cm³/mol. The van der Waals surface area contributed by atoms with Gasteiger partial charge >= 0.3 is 11.9 Å². The highest BCUT2D eigenvalue weighted by atomic mass is 16.6. The number of amides is 2. The van der Waals surface area contributed by atoms with Crippen LogP contribution in [0.1, 0.15) is 67.2 Å². The molecule has 4 atom stereocenters. The average Bonchev–Trinajstić information content (AvgIpc) is 3.45. The normalized spacial score (nSPS) is 32.2. The highest BCUT2D eigenvalue weighted by molar-refractivity contribution is 6.05. The fraction of sp³-hybridized carbons (Fsp3) is 0.529. The summed E-state index contributed by atoms with van der Waals surface area (Å²) in [6.07, 6.45) is 2.09. The van der Waals surface area contributed by atoms with Crippen molar-refractivity contribution in [2.75, 3.05) is 24.9 Å². The summed E-state index contributed by atoms with van der Waals surface area (Å²) in [5.41, 5.74) is -2.79. The first-order valence-electron chi connectivity index (χ1n) is 15.0.